The van der Waals surface area contributed by atoms with E-state index in [1.54, 1.807) is 0 Å². The Bertz CT molecular complexity index is 752. The van der Waals surface area contributed by atoms with E-state index in [0.717, 1.165) is 29.1 Å². The van der Waals surface area contributed by atoms with Gasteiger partial charge >= 0.3 is 0 Å². The van der Waals surface area contributed by atoms with Gasteiger partial charge in [0.15, 0.2) is 0 Å². The summed E-state index contributed by atoms with van der Waals surface area (Å²) in [5.41, 5.74) is 1.73. The third kappa shape index (κ3) is 4.91. The van der Waals surface area contributed by atoms with Gasteiger partial charge in [0.2, 0.25) is 5.91 Å². The second-order valence-corrected chi connectivity index (χ2v) is 7.71. The number of nitrogens with zero attached hydrogens (tertiary/aromatic N) is 1. The van der Waals surface area contributed by atoms with E-state index >= 15 is 0 Å². The fourth-order valence-corrected chi connectivity index (χ4v) is 4.22. The van der Waals surface area contributed by atoms with Gasteiger partial charge < -0.3 is 10.6 Å². The van der Waals surface area contributed by atoms with Crippen molar-refractivity contribution >= 4 is 23.2 Å². The van der Waals surface area contributed by atoms with Crippen LogP contribution in [0.15, 0.2) is 30.3 Å². The molecule has 1 heterocycles. The summed E-state index contributed by atoms with van der Waals surface area (Å²) in [7, 11) is 0. The van der Waals surface area contributed by atoms with Crippen LogP contribution in [0, 0.1) is 6.92 Å². The average Bonchev–Trinajstić information content (AvgIpc) is 3.05. The molecule has 138 valence electrons. The molecule has 2 aromatic rings. The topological polar surface area (TPSA) is 71.1 Å². The molecule has 1 aromatic heterocycles. The fraction of sp³-hybridized carbons (Fsp3) is 0.450. The summed E-state index contributed by atoms with van der Waals surface area (Å²) in [6.45, 7) is 2.18. The molecule has 0 atom stereocenters. The highest BCUT2D eigenvalue weighted by Crippen LogP contribution is 2.27. The number of benzene rings is 1. The lowest BCUT2D eigenvalue weighted by atomic mass is 9.95. The van der Waals surface area contributed by atoms with Gasteiger partial charge in [-0.15, -0.1) is 11.3 Å². The van der Waals surface area contributed by atoms with Gasteiger partial charge in [-0.05, 0) is 19.8 Å². The van der Waals surface area contributed by atoms with E-state index in [1.807, 2.05) is 37.3 Å². The molecule has 5 nitrogen and oxygen atoms in total. The van der Waals surface area contributed by atoms with Crippen molar-refractivity contribution in [3.63, 3.8) is 0 Å². The normalized spacial score (nSPS) is 14.8. The summed E-state index contributed by atoms with van der Waals surface area (Å²) in [5.74, 6) is -0.143. The van der Waals surface area contributed by atoms with E-state index in [1.165, 1.54) is 30.6 Å². The lowest BCUT2D eigenvalue weighted by molar-refractivity contribution is -0.121. The molecule has 0 aliphatic heterocycles. The minimum absolute atomic E-state index is 0.0169. The average molecular weight is 372 g/mol. The highest BCUT2D eigenvalue weighted by atomic mass is 32.1. The maximum Gasteiger partial charge on any atom is 0.263 e. The molecule has 0 spiro atoms. The number of aromatic nitrogens is 1. The van der Waals surface area contributed by atoms with E-state index in [2.05, 4.69) is 15.6 Å². The van der Waals surface area contributed by atoms with E-state index in [-0.39, 0.29) is 11.8 Å². The summed E-state index contributed by atoms with van der Waals surface area (Å²) >= 11 is 1.38. The quantitative estimate of drug-likeness (QED) is 0.813. The molecule has 1 aromatic carbocycles. The number of hydrogen-bond acceptors (Lipinski definition) is 4. The van der Waals surface area contributed by atoms with Gasteiger partial charge in [0.25, 0.3) is 5.91 Å². The molecule has 1 saturated carbocycles. The van der Waals surface area contributed by atoms with E-state index in [9.17, 15) is 9.59 Å². The van der Waals surface area contributed by atoms with Crippen molar-refractivity contribution in [2.75, 3.05) is 6.54 Å². The number of rotatable bonds is 6. The summed E-state index contributed by atoms with van der Waals surface area (Å²) in [6.07, 6.45) is 6.10. The minimum atomic E-state index is -0.160. The number of hydrogen-bond donors (Lipinski definition) is 2. The monoisotopic (exact) mass is 371 g/mol. The lowest BCUT2D eigenvalue weighted by Crippen LogP contribution is -2.38. The number of carbonyl (C=O) groups is 2. The number of aryl methyl sites for hydroxylation is 1. The molecule has 1 aliphatic rings. The second-order valence-electron chi connectivity index (χ2n) is 6.71. The molecule has 6 heteroatoms. The van der Waals surface area contributed by atoms with Crippen LogP contribution in [0.1, 0.15) is 53.9 Å². The Morgan fingerprint density at radius 2 is 1.88 bits per heavy atom. The van der Waals surface area contributed by atoms with Crippen LogP contribution in [0.2, 0.25) is 0 Å². The molecule has 2 amide bonds. The first-order valence-corrected chi connectivity index (χ1v) is 10.1. The zero-order chi connectivity index (χ0) is 18.4. The molecule has 0 bridgehead atoms. The first-order valence-electron chi connectivity index (χ1n) is 9.24. The van der Waals surface area contributed by atoms with Crippen LogP contribution in [0.3, 0.4) is 0 Å². The SMILES string of the molecule is Cc1nc(-c2ccccc2)sc1C(=O)NCCC(=O)NC1CCCCC1. The third-order valence-electron chi connectivity index (χ3n) is 4.63. The van der Waals surface area contributed by atoms with Crippen LogP contribution < -0.4 is 10.6 Å². The minimum Gasteiger partial charge on any atom is -0.353 e. The predicted octanol–water partition coefficient (Wildman–Crippen LogP) is 3.69. The van der Waals surface area contributed by atoms with E-state index in [4.69, 9.17) is 0 Å². The van der Waals surface area contributed by atoms with Crippen molar-refractivity contribution in [1.82, 2.24) is 15.6 Å². The van der Waals surface area contributed by atoms with Crippen molar-refractivity contribution in [2.24, 2.45) is 0 Å². The smallest absolute Gasteiger partial charge is 0.263 e. The Morgan fingerprint density at radius 3 is 2.62 bits per heavy atom. The highest BCUT2D eigenvalue weighted by Gasteiger charge is 2.18. The van der Waals surface area contributed by atoms with Gasteiger partial charge in [0.05, 0.1) is 5.69 Å². The maximum atomic E-state index is 12.4. The number of thiazole rings is 1. The van der Waals surface area contributed by atoms with Gasteiger partial charge in [-0.1, -0.05) is 49.6 Å². The van der Waals surface area contributed by atoms with Crippen molar-refractivity contribution in [3.05, 3.63) is 40.9 Å². The molecular weight excluding hydrogens is 346 g/mol. The van der Waals surface area contributed by atoms with Gasteiger partial charge in [0.1, 0.15) is 9.88 Å². The van der Waals surface area contributed by atoms with E-state index < -0.39 is 0 Å². The van der Waals surface area contributed by atoms with Gasteiger partial charge in [0, 0.05) is 24.6 Å². The Kier molecular flexibility index (Phi) is 6.39. The Hall–Kier alpha value is -2.21. The molecule has 2 N–H and O–H groups in total. The van der Waals surface area contributed by atoms with Crippen LogP contribution in [-0.4, -0.2) is 29.4 Å². The van der Waals surface area contributed by atoms with Crippen LogP contribution >= 0.6 is 11.3 Å². The van der Waals surface area contributed by atoms with Gasteiger partial charge in [-0.3, -0.25) is 9.59 Å². The molecule has 0 saturated heterocycles. The fourth-order valence-electron chi connectivity index (χ4n) is 3.23. The van der Waals surface area contributed by atoms with Gasteiger partial charge in [-0.25, -0.2) is 4.98 Å². The highest BCUT2D eigenvalue weighted by molar-refractivity contribution is 7.17. The number of nitrogens with one attached hydrogen (secondary N) is 2. The molecular formula is C20H25N3O2S. The lowest BCUT2D eigenvalue weighted by Gasteiger charge is -2.22. The predicted molar refractivity (Wildman–Crippen MR) is 104 cm³/mol. The van der Waals surface area contributed by atoms with Crippen LogP contribution in [0.4, 0.5) is 0 Å². The Morgan fingerprint density at radius 1 is 1.15 bits per heavy atom. The summed E-state index contributed by atoms with van der Waals surface area (Å²) in [6, 6.07) is 10.1. The van der Waals surface area contributed by atoms with Crippen molar-refractivity contribution < 1.29 is 9.59 Å². The van der Waals surface area contributed by atoms with E-state index in [0.29, 0.717) is 23.9 Å². The van der Waals surface area contributed by atoms with Crippen molar-refractivity contribution in [1.29, 1.82) is 0 Å². The summed E-state index contributed by atoms with van der Waals surface area (Å²) < 4.78 is 0. The third-order valence-corrected chi connectivity index (χ3v) is 5.84. The molecule has 1 aliphatic carbocycles. The molecule has 3 rings (SSSR count). The Balaban J connectivity index is 1.49. The van der Waals surface area contributed by atoms with Crippen LogP contribution in [0.5, 0.6) is 0 Å². The second kappa shape index (κ2) is 8.94. The molecule has 26 heavy (non-hydrogen) atoms. The zero-order valence-corrected chi connectivity index (χ0v) is 15.9. The van der Waals surface area contributed by atoms with Crippen molar-refractivity contribution in [3.8, 4) is 10.6 Å². The maximum absolute atomic E-state index is 12.4. The standard InChI is InChI=1S/C20H25N3O2S/c1-14-18(26-20(22-14)15-8-4-2-5-9-15)19(25)21-13-12-17(24)23-16-10-6-3-7-11-16/h2,4-5,8-9,16H,3,6-7,10-13H2,1H3,(H,21,25)(H,23,24). The summed E-state index contributed by atoms with van der Waals surface area (Å²) in [4.78, 5) is 29.5. The first-order chi connectivity index (χ1) is 12.6. The van der Waals surface area contributed by atoms with Crippen molar-refractivity contribution in [2.45, 2.75) is 51.5 Å². The number of carbonyl (C=O) groups excluding carboxylic acids is 2. The molecule has 1 fully saturated rings. The molecule has 0 unspecified atom stereocenters. The molecule has 0 radical (unpaired) electrons. The van der Waals surface area contributed by atoms with Crippen LogP contribution in [0.25, 0.3) is 10.6 Å². The largest absolute Gasteiger partial charge is 0.353 e. The van der Waals surface area contributed by atoms with Gasteiger partial charge in [-0.2, -0.15) is 0 Å². The summed E-state index contributed by atoms with van der Waals surface area (Å²) in [5, 5.41) is 6.75. The zero-order valence-electron chi connectivity index (χ0n) is 15.1. The van der Waals surface area contributed by atoms with Crippen LogP contribution in [-0.2, 0) is 4.79 Å². The number of amides is 2. The first kappa shape index (κ1) is 18.6. The Labute approximate surface area is 158 Å².